The van der Waals surface area contributed by atoms with E-state index in [2.05, 4.69) is 48.3 Å². The van der Waals surface area contributed by atoms with E-state index in [0.29, 0.717) is 0 Å². The number of hydrogen-bond donors (Lipinski definition) is 2. The molecule has 25 heavy (non-hydrogen) atoms. The highest BCUT2D eigenvalue weighted by molar-refractivity contribution is 5.85. The molecule has 0 aliphatic rings. The summed E-state index contributed by atoms with van der Waals surface area (Å²) in [7, 11) is 0. The Bertz CT molecular complexity index is 863. The molecular weight excluding hydrogens is 314 g/mol. The molecule has 0 amide bonds. The van der Waals surface area contributed by atoms with Gasteiger partial charge in [-0.3, -0.25) is 4.68 Å². The van der Waals surface area contributed by atoms with Crippen molar-refractivity contribution in [3.8, 4) is 0 Å². The normalized spacial score (nSPS) is 12.6. The van der Waals surface area contributed by atoms with E-state index in [1.807, 2.05) is 10.7 Å². The lowest BCUT2D eigenvalue weighted by atomic mass is 9.97. The van der Waals surface area contributed by atoms with Crippen LogP contribution in [-0.4, -0.2) is 25.8 Å². The molecule has 0 bridgehead atoms. The van der Waals surface area contributed by atoms with Gasteiger partial charge in [-0.15, -0.1) is 0 Å². The second-order valence-electron chi connectivity index (χ2n) is 6.64. The van der Waals surface area contributed by atoms with Crippen LogP contribution in [0.2, 0.25) is 0 Å². The molecule has 2 aromatic heterocycles. The quantitative estimate of drug-likeness (QED) is 0.630. The van der Waals surface area contributed by atoms with Gasteiger partial charge in [0, 0.05) is 29.3 Å². The van der Waals surface area contributed by atoms with Crippen molar-refractivity contribution < 1.29 is 9.90 Å². The van der Waals surface area contributed by atoms with Gasteiger partial charge in [0.2, 0.25) is 0 Å². The van der Waals surface area contributed by atoms with E-state index >= 15 is 0 Å². The number of benzene rings is 1. The van der Waals surface area contributed by atoms with Crippen LogP contribution in [0.3, 0.4) is 0 Å². The fourth-order valence-corrected chi connectivity index (χ4v) is 3.28. The molecule has 0 fully saturated rings. The largest absolute Gasteiger partial charge is 0.476 e. The van der Waals surface area contributed by atoms with Crippen LogP contribution in [0.5, 0.6) is 0 Å². The number of para-hydroxylation sites is 1. The maximum absolute atomic E-state index is 11.3. The van der Waals surface area contributed by atoms with Gasteiger partial charge in [-0.2, -0.15) is 5.10 Å². The number of nitrogens with zero attached hydrogens (tertiary/aromatic N) is 2. The zero-order valence-corrected chi connectivity index (χ0v) is 14.8. The summed E-state index contributed by atoms with van der Waals surface area (Å²) in [5, 5.41) is 14.8. The molecule has 1 atom stereocenters. The number of carboxylic acid groups (broad SMARTS) is 1. The Morgan fingerprint density at radius 2 is 2.16 bits per heavy atom. The minimum atomic E-state index is -0.958. The number of aromatic nitrogens is 3. The second kappa shape index (κ2) is 7.55. The van der Waals surface area contributed by atoms with E-state index in [0.717, 1.165) is 43.4 Å². The van der Waals surface area contributed by atoms with Crippen molar-refractivity contribution in [3.63, 3.8) is 0 Å². The number of carboxylic acids is 1. The zero-order valence-electron chi connectivity index (χ0n) is 14.8. The van der Waals surface area contributed by atoms with Gasteiger partial charge >= 0.3 is 5.97 Å². The van der Waals surface area contributed by atoms with Crippen LogP contribution in [0.4, 0.5) is 0 Å². The van der Waals surface area contributed by atoms with Gasteiger partial charge in [0.05, 0.1) is 0 Å². The third-order valence-corrected chi connectivity index (χ3v) is 4.78. The van der Waals surface area contributed by atoms with Crippen LogP contribution in [0.25, 0.3) is 10.9 Å². The average Bonchev–Trinajstić information content (AvgIpc) is 3.22. The summed E-state index contributed by atoms with van der Waals surface area (Å²) >= 11 is 0. The number of carbonyl (C=O) groups is 1. The van der Waals surface area contributed by atoms with Crippen LogP contribution < -0.4 is 0 Å². The Hall–Kier alpha value is -2.56. The highest BCUT2D eigenvalue weighted by Gasteiger charge is 2.18. The monoisotopic (exact) mass is 339 g/mol. The third kappa shape index (κ3) is 3.76. The van der Waals surface area contributed by atoms with E-state index in [4.69, 9.17) is 0 Å². The third-order valence-electron chi connectivity index (χ3n) is 4.78. The highest BCUT2D eigenvalue weighted by atomic mass is 16.4. The maximum Gasteiger partial charge on any atom is 0.356 e. The van der Waals surface area contributed by atoms with Crippen LogP contribution in [0.1, 0.15) is 60.8 Å². The molecule has 2 N–H and O–H groups in total. The molecule has 3 aromatic rings. The topological polar surface area (TPSA) is 70.9 Å². The highest BCUT2D eigenvalue weighted by Crippen LogP contribution is 2.26. The predicted octanol–water partition coefficient (Wildman–Crippen LogP) is 4.60. The Morgan fingerprint density at radius 1 is 1.36 bits per heavy atom. The number of hydrogen-bond acceptors (Lipinski definition) is 2. The predicted molar refractivity (Wildman–Crippen MR) is 99.1 cm³/mol. The SMILES string of the molecule is CCCCn1nc(C(=O)O)cc1C(C)CCc1c[nH]c2ccccc12. The standard InChI is InChI=1S/C20H25N3O2/c1-3-4-11-23-19(12-18(22-23)20(24)25)14(2)9-10-15-13-21-17-8-6-5-7-16(15)17/h5-8,12-14,21H,3-4,9-11H2,1-2H3,(H,24,25). The number of nitrogens with one attached hydrogen (secondary N) is 1. The minimum Gasteiger partial charge on any atom is -0.476 e. The van der Waals surface area contributed by atoms with Gasteiger partial charge in [-0.25, -0.2) is 4.79 Å². The number of fused-ring (bicyclic) bond motifs is 1. The first-order valence-electron chi connectivity index (χ1n) is 8.96. The lowest BCUT2D eigenvalue weighted by Gasteiger charge is -2.14. The minimum absolute atomic E-state index is 0.144. The summed E-state index contributed by atoms with van der Waals surface area (Å²) in [5.41, 5.74) is 3.63. The van der Waals surface area contributed by atoms with Crippen LogP contribution in [-0.2, 0) is 13.0 Å². The van der Waals surface area contributed by atoms with Gasteiger partial charge in [-0.1, -0.05) is 38.5 Å². The van der Waals surface area contributed by atoms with E-state index in [1.165, 1.54) is 10.9 Å². The fraction of sp³-hybridized carbons (Fsp3) is 0.400. The van der Waals surface area contributed by atoms with Gasteiger partial charge in [0.15, 0.2) is 5.69 Å². The first-order chi connectivity index (χ1) is 12.1. The molecule has 0 saturated heterocycles. The number of aromatic carboxylic acids is 1. The number of aromatic amines is 1. The molecule has 132 valence electrons. The van der Waals surface area contributed by atoms with Crippen molar-refractivity contribution in [1.29, 1.82) is 0 Å². The Labute approximate surface area is 147 Å². The smallest absolute Gasteiger partial charge is 0.356 e. The maximum atomic E-state index is 11.3. The number of rotatable bonds is 8. The van der Waals surface area contributed by atoms with Crippen molar-refractivity contribution in [2.75, 3.05) is 0 Å². The molecule has 0 spiro atoms. The van der Waals surface area contributed by atoms with Crippen molar-refractivity contribution >= 4 is 16.9 Å². The van der Waals surface area contributed by atoms with Crippen molar-refractivity contribution in [2.45, 2.75) is 52.0 Å². The van der Waals surface area contributed by atoms with Crippen LogP contribution >= 0.6 is 0 Å². The second-order valence-corrected chi connectivity index (χ2v) is 6.64. The van der Waals surface area contributed by atoms with Gasteiger partial charge in [-0.05, 0) is 42.9 Å². The number of H-pyrrole nitrogens is 1. The summed E-state index contributed by atoms with van der Waals surface area (Å²) in [6, 6.07) is 10.0. The molecule has 3 rings (SSSR count). The van der Waals surface area contributed by atoms with Gasteiger partial charge in [0.25, 0.3) is 0 Å². The molecule has 1 unspecified atom stereocenters. The summed E-state index contributed by atoms with van der Waals surface area (Å²) in [6.07, 6.45) is 6.05. The first-order valence-corrected chi connectivity index (χ1v) is 8.96. The first kappa shape index (κ1) is 17.3. The van der Waals surface area contributed by atoms with Crippen molar-refractivity contribution in [3.05, 3.63) is 53.5 Å². The average molecular weight is 339 g/mol. The summed E-state index contributed by atoms with van der Waals surface area (Å²) in [5.74, 6) is -0.702. The Kier molecular flexibility index (Phi) is 5.22. The van der Waals surface area contributed by atoms with E-state index < -0.39 is 5.97 Å². The number of aryl methyl sites for hydroxylation is 2. The Balaban J connectivity index is 1.75. The van der Waals surface area contributed by atoms with Crippen molar-refractivity contribution in [2.24, 2.45) is 0 Å². The zero-order chi connectivity index (χ0) is 17.8. The van der Waals surface area contributed by atoms with E-state index in [1.54, 1.807) is 6.07 Å². The van der Waals surface area contributed by atoms with Crippen LogP contribution in [0.15, 0.2) is 36.5 Å². The van der Waals surface area contributed by atoms with Crippen LogP contribution in [0, 0.1) is 0 Å². The van der Waals surface area contributed by atoms with E-state index in [9.17, 15) is 9.90 Å². The summed E-state index contributed by atoms with van der Waals surface area (Å²) < 4.78 is 1.88. The lowest BCUT2D eigenvalue weighted by Crippen LogP contribution is -2.09. The summed E-state index contributed by atoms with van der Waals surface area (Å²) in [6.45, 7) is 5.05. The van der Waals surface area contributed by atoms with Crippen molar-refractivity contribution in [1.82, 2.24) is 14.8 Å². The molecule has 1 aromatic carbocycles. The fourth-order valence-electron chi connectivity index (χ4n) is 3.28. The molecule has 5 nitrogen and oxygen atoms in total. The van der Waals surface area contributed by atoms with E-state index in [-0.39, 0.29) is 11.6 Å². The molecule has 2 heterocycles. The number of unbranched alkanes of at least 4 members (excludes halogenated alkanes) is 1. The lowest BCUT2D eigenvalue weighted by molar-refractivity contribution is 0.0689. The Morgan fingerprint density at radius 3 is 2.92 bits per heavy atom. The molecule has 0 aliphatic heterocycles. The molecule has 0 radical (unpaired) electrons. The molecule has 0 saturated carbocycles. The molecular formula is C20H25N3O2. The summed E-state index contributed by atoms with van der Waals surface area (Å²) in [4.78, 5) is 14.6. The molecule has 0 aliphatic carbocycles. The van der Waals surface area contributed by atoms with Gasteiger partial charge in [0.1, 0.15) is 0 Å². The van der Waals surface area contributed by atoms with Gasteiger partial charge < -0.3 is 10.1 Å². The molecule has 5 heteroatoms.